The maximum absolute atomic E-state index is 11.4. The van der Waals surface area contributed by atoms with Crippen LogP contribution in [0.1, 0.15) is 26.2 Å². The number of rotatable bonds is 3. The lowest BCUT2D eigenvalue weighted by molar-refractivity contribution is -0.117. The van der Waals surface area contributed by atoms with E-state index in [4.69, 9.17) is 5.73 Å². The van der Waals surface area contributed by atoms with Gasteiger partial charge in [-0.1, -0.05) is 0 Å². The molecular weight excluding hydrogens is 228 g/mol. The number of hydrogen-bond acceptors (Lipinski definition) is 4. The van der Waals surface area contributed by atoms with Crippen LogP contribution < -0.4 is 16.0 Å². The van der Waals surface area contributed by atoms with Crippen molar-refractivity contribution >= 4 is 17.4 Å². The van der Waals surface area contributed by atoms with Gasteiger partial charge < -0.3 is 16.0 Å². The van der Waals surface area contributed by atoms with Gasteiger partial charge in [-0.2, -0.15) is 0 Å². The number of anilines is 2. The lowest BCUT2D eigenvalue weighted by Crippen LogP contribution is -2.32. The SMILES string of the molecule is C[C@H](N)C(=O)Nc1ccc(N2CCCCC2)nc1. The van der Waals surface area contributed by atoms with E-state index in [9.17, 15) is 4.79 Å². The zero-order chi connectivity index (χ0) is 13.0. The van der Waals surface area contributed by atoms with Crippen LogP contribution in [0.25, 0.3) is 0 Å². The van der Waals surface area contributed by atoms with Gasteiger partial charge in [-0.15, -0.1) is 0 Å². The molecule has 0 bridgehead atoms. The van der Waals surface area contributed by atoms with Gasteiger partial charge in [0.05, 0.1) is 17.9 Å². The van der Waals surface area contributed by atoms with E-state index < -0.39 is 6.04 Å². The second-order valence-electron chi connectivity index (χ2n) is 4.73. The highest BCUT2D eigenvalue weighted by Gasteiger charge is 2.12. The van der Waals surface area contributed by atoms with Crippen molar-refractivity contribution in [3.05, 3.63) is 18.3 Å². The molecule has 5 nitrogen and oxygen atoms in total. The largest absolute Gasteiger partial charge is 0.357 e. The summed E-state index contributed by atoms with van der Waals surface area (Å²) in [4.78, 5) is 18.1. The third-order valence-electron chi connectivity index (χ3n) is 3.11. The Morgan fingerprint density at radius 2 is 2.11 bits per heavy atom. The smallest absolute Gasteiger partial charge is 0.241 e. The number of piperidine rings is 1. The van der Waals surface area contributed by atoms with Crippen LogP contribution in [-0.2, 0) is 4.79 Å². The number of amides is 1. The van der Waals surface area contributed by atoms with E-state index in [-0.39, 0.29) is 5.91 Å². The predicted molar refractivity (Wildman–Crippen MR) is 72.6 cm³/mol. The Hall–Kier alpha value is -1.62. The van der Waals surface area contributed by atoms with Crippen LogP contribution in [0, 0.1) is 0 Å². The summed E-state index contributed by atoms with van der Waals surface area (Å²) in [5.41, 5.74) is 6.18. The first-order valence-electron chi connectivity index (χ1n) is 6.44. The standard InChI is InChI=1S/C13H20N4O/c1-10(14)13(18)16-11-5-6-12(15-9-11)17-7-3-2-4-8-17/h5-6,9-10H,2-4,7-8,14H2,1H3,(H,16,18)/t10-/m0/s1. The van der Waals surface area contributed by atoms with Crippen LogP contribution >= 0.6 is 0 Å². The molecule has 0 spiro atoms. The molecule has 1 aromatic rings. The minimum atomic E-state index is -0.508. The minimum Gasteiger partial charge on any atom is -0.357 e. The summed E-state index contributed by atoms with van der Waals surface area (Å²) in [6.45, 7) is 3.79. The molecule has 1 aliphatic heterocycles. The molecule has 2 heterocycles. The molecule has 98 valence electrons. The second kappa shape index (κ2) is 5.82. The van der Waals surface area contributed by atoms with E-state index in [0.29, 0.717) is 5.69 Å². The highest BCUT2D eigenvalue weighted by molar-refractivity contribution is 5.94. The first kappa shape index (κ1) is 12.8. The van der Waals surface area contributed by atoms with Crippen LogP contribution in [0.5, 0.6) is 0 Å². The Balaban J connectivity index is 1.98. The lowest BCUT2D eigenvalue weighted by Gasteiger charge is -2.27. The van der Waals surface area contributed by atoms with Crippen molar-refractivity contribution in [3.8, 4) is 0 Å². The molecule has 1 aliphatic rings. The van der Waals surface area contributed by atoms with Gasteiger partial charge in [0, 0.05) is 13.1 Å². The fourth-order valence-electron chi connectivity index (χ4n) is 2.03. The van der Waals surface area contributed by atoms with Crippen molar-refractivity contribution in [2.24, 2.45) is 5.73 Å². The van der Waals surface area contributed by atoms with Gasteiger partial charge in [0.25, 0.3) is 0 Å². The van der Waals surface area contributed by atoms with E-state index in [1.54, 1.807) is 13.1 Å². The Labute approximate surface area is 107 Å². The van der Waals surface area contributed by atoms with Crippen LogP contribution in [-0.4, -0.2) is 30.0 Å². The molecule has 0 aromatic carbocycles. The van der Waals surface area contributed by atoms with Crippen molar-refractivity contribution in [1.29, 1.82) is 0 Å². The summed E-state index contributed by atoms with van der Waals surface area (Å²) in [7, 11) is 0. The zero-order valence-corrected chi connectivity index (χ0v) is 10.7. The summed E-state index contributed by atoms with van der Waals surface area (Å²) >= 11 is 0. The topological polar surface area (TPSA) is 71.2 Å². The Morgan fingerprint density at radius 1 is 1.39 bits per heavy atom. The van der Waals surface area contributed by atoms with Crippen molar-refractivity contribution in [2.75, 3.05) is 23.3 Å². The maximum Gasteiger partial charge on any atom is 0.241 e. The Bertz CT molecular complexity index is 396. The van der Waals surface area contributed by atoms with Crippen LogP contribution in [0.3, 0.4) is 0 Å². The number of nitrogens with zero attached hydrogens (tertiary/aromatic N) is 2. The average Bonchev–Trinajstić information content (AvgIpc) is 2.40. The number of hydrogen-bond donors (Lipinski definition) is 2. The van der Waals surface area contributed by atoms with E-state index in [2.05, 4.69) is 15.2 Å². The number of nitrogens with one attached hydrogen (secondary N) is 1. The third-order valence-corrected chi connectivity index (χ3v) is 3.11. The number of nitrogens with two attached hydrogens (primary N) is 1. The highest BCUT2D eigenvalue weighted by Crippen LogP contribution is 2.18. The summed E-state index contributed by atoms with van der Waals surface area (Å²) < 4.78 is 0. The quantitative estimate of drug-likeness (QED) is 0.847. The van der Waals surface area contributed by atoms with Gasteiger partial charge in [-0.25, -0.2) is 4.98 Å². The molecule has 1 fully saturated rings. The summed E-state index contributed by atoms with van der Waals surface area (Å²) in [5, 5.41) is 2.73. The first-order valence-corrected chi connectivity index (χ1v) is 6.44. The van der Waals surface area contributed by atoms with E-state index in [0.717, 1.165) is 18.9 Å². The molecule has 0 saturated carbocycles. The third kappa shape index (κ3) is 3.20. The Morgan fingerprint density at radius 3 is 2.67 bits per heavy atom. The highest BCUT2D eigenvalue weighted by atomic mass is 16.2. The molecule has 1 amide bonds. The maximum atomic E-state index is 11.4. The molecule has 0 radical (unpaired) electrons. The fourth-order valence-corrected chi connectivity index (χ4v) is 2.03. The van der Waals surface area contributed by atoms with Gasteiger partial charge in [0.15, 0.2) is 0 Å². The van der Waals surface area contributed by atoms with Crippen LogP contribution in [0.2, 0.25) is 0 Å². The van der Waals surface area contributed by atoms with E-state index in [1.807, 2.05) is 12.1 Å². The average molecular weight is 248 g/mol. The molecule has 2 rings (SSSR count). The molecule has 3 N–H and O–H groups in total. The van der Waals surface area contributed by atoms with Crippen molar-refractivity contribution < 1.29 is 4.79 Å². The molecule has 1 saturated heterocycles. The molecule has 5 heteroatoms. The van der Waals surface area contributed by atoms with Crippen LogP contribution in [0.4, 0.5) is 11.5 Å². The summed E-state index contributed by atoms with van der Waals surface area (Å²) in [5.74, 6) is 0.788. The van der Waals surface area contributed by atoms with E-state index >= 15 is 0 Å². The van der Waals surface area contributed by atoms with Crippen LogP contribution in [0.15, 0.2) is 18.3 Å². The predicted octanol–water partition coefficient (Wildman–Crippen LogP) is 1.36. The normalized spacial score (nSPS) is 17.3. The molecule has 0 aliphatic carbocycles. The van der Waals surface area contributed by atoms with Gasteiger partial charge in [0.1, 0.15) is 5.82 Å². The van der Waals surface area contributed by atoms with Crippen molar-refractivity contribution in [2.45, 2.75) is 32.2 Å². The number of pyridine rings is 1. The molecular formula is C13H20N4O. The van der Waals surface area contributed by atoms with E-state index in [1.165, 1.54) is 19.3 Å². The molecule has 1 atom stereocenters. The van der Waals surface area contributed by atoms with Gasteiger partial charge in [0.2, 0.25) is 5.91 Å². The molecule has 0 unspecified atom stereocenters. The lowest BCUT2D eigenvalue weighted by atomic mass is 10.1. The first-order chi connectivity index (χ1) is 8.66. The summed E-state index contributed by atoms with van der Waals surface area (Å²) in [6.07, 6.45) is 5.44. The molecule has 1 aromatic heterocycles. The van der Waals surface area contributed by atoms with Gasteiger partial charge in [-0.3, -0.25) is 4.79 Å². The van der Waals surface area contributed by atoms with Crippen molar-refractivity contribution in [3.63, 3.8) is 0 Å². The second-order valence-corrected chi connectivity index (χ2v) is 4.73. The summed E-state index contributed by atoms with van der Waals surface area (Å²) in [6, 6.07) is 3.31. The molecule has 18 heavy (non-hydrogen) atoms. The zero-order valence-electron chi connectivity index (χ0n) is 10.7. The van der Waals surface area contributed by atoms with Gasteiger partial charge >= 0.3 is 0 Å². The van der Waals surface area contributed by atoms with Crippen molar-refractivity contribution in [1.82, 2.24) is 4.98 Å². The van der Waals surface area contributed by atoms with Gasteiger partial charge in [-0.05, 0) is 38.3 Å². The Kier molecular flexibility index (Phi) is 4.15. The number of aromatic nitrogens is 1. The number of carbonyl (C=O) groups excluding carboxylic acids is 1. The monoisotopic (exact) mass is 248 g/mol. The number of carbonyl (C=O) groups is 1. The minimum absolute atomic E-state index is 0.192. The fraction of sp³-hybridized carbons (Fsp3) is 0.538.